The first-order valence-electron chi connectivity index (χ1n) is 8.32. The van der Waals surface area contributed by atoms with Crippen molar-refractivity contribution < 1.29 is 23.1 Å². The Balaban J connectivity index is 1.91. The van der Waals surface area contributed by atoms with Gasteiger partial charge in [0.1, 0.15) is 29.3 Å². The average molecular weight is 364 g/mol. The molecule has 0 unspecified atom stereocenters. The maximum Gasteiger partial charge on any atom is 0.337 e. The highest BCUT2D eigenvalue weighted by Gasteiger charge is 2.16. The van der Waals surface area contributed by atoms with Crippen molar-refractivity contribution in [2.75, 3.05) is 13.7 Å². The highest BCUT2D eigenvalue weighted by Crippen LogP contribution is 2.35. The van der Waals surface area contributed by atoms with Crippen LogP contribution in [0.1, 0.15) is 5.56 Å². The molecule has 0 fully saturated rings. The molecule has 2 aromatic carbocycles. The fourth-order valence-corrected chi connectivity index (χ4v) is 2.99. The fraction of sp³-hybridized carbons (Fsp3) is 0.143. The minimum Gasteiger partial charge on any atom is -0.456 e. The van der Waals surface area contributed by atoms with Gasteiger partial charge in [-0.05, 0) is 36.8 Å². The Labute approximate surface area is 153 Å². The zero-order chi connectivity index (χ0) is 19.0. The molecule has 136 valence electrons. The lowest BCUT2D eigenvalue weighted by Crippen LogP contribution is -2.14. The second kappa shape index (κ2) is 6.74. The Morgan fingerprint density at radius 1 is 1.04 bits per heavy atom. The van der Waals surface area contributed by atoms with Crippen LogP contribution in [0.5, 0.6) is 5.75 Å². The lowest BCUT2D eigenvalue weighted by Gasteiger charge is -2.10. The van der Waals surface area contributed by atoms with Crippen LogP contribution in [0.3, 0.4) is 0 Å². The summed E-state index contributed by atoms with van der Waals surface area (Å²) in [5, 5.41) is 1.53. The van der Waals surface area contributed by atoms with Crippen molar-refractivity contribution in [2.24, 2.45) is 0 Å². The molecule has 0 radical (unpaired) electrons. The molecule has 4 aromatic rings. The number of benzene rings is 2. The van der Waals surface area contributed by atoms with E-state index < -0.39 is 11.6 Å². The minimum atomic E-state index is -0.511. The van der Waals surface area contributed by atoms with Gasteiger partial charge in [0, 0.05) is 29.5 Å². The van der Waals surface area contributed by atoms with Crippen LogP contribution in [0.2, 0.25) is 0 Å². The van der Waals surface area contributed by atoms with E-state index in [0.717, 1.165) is 5.39 Å². The van der Waals surface area contributed by atoms with Crippen molar-refractivity contribution >= 4 is 27.9 Å². The van der Waals surface area contributed by atoms with Crippen molar-refractivity contribution in [1.29, 1.82) is 0 Å². The molecule has 2 aromatic heterocycles. The van der Waals surface area contributed by atoms with E-state index in [9.17, 15) is 9.59 Å². The first-order chi connectivity index (χ1) is 13.0. The molecule has 0 aliphatic carbocycles. The highest BCUT2D eigenvalue weighted by molar-refractivity contribution is 5.96. The van der Waals surface area contributed by atoms with Crippen molar-refractivity contribution in [3.05, 3.63) is 64.5 Å². The minimum absolute atomic E-state index is 0.155. The summed E-state index contributed by atoms with van der Waals surface area (Å²) in [4.78, 5) is 23.8. The number of methoxy groups -OCH3 is 1. The highest BCUT2D eigenvalue weighted by atomic mass is 16.6. The number of ether oxygens (including phenoxy) is 2. The van der Waals surface area contributed by atoms with Gasteiger partial charge in [0.25, 0.3) is 0 Å². The summed E-state index contributed by atoms with van der Waals surface area (Å²) in [6, 6.07) is 14.1. The van der Waals surface area contributed by atoms with Crippen LogP contribution in [-0.4, -0.2) is 19.7 Å². The Bertz CT molecular complexity index is 1180. The second-order valence-corrected chi connectivity index (χ2v) is 6.15. The monoisotopic (exact) mass is 364 g/mol. The number of carbonyl (C=O) groups excluding carboxylic acids is 1. The van der Waals surface area contributed by atoms with E-state index in [0.29, 0.717) is 39.2 Å². The van der Waals surface area contributed by atoms with Crippen molar-refractivity contribution in [2.45, 2.75) is 6.92 Å². The van der Waals surface area contributed by atoms with Gasteiger partial charge in [-0.15, -0.1) is 0 Å². The summed E-state index contributed by atoms with van der Waals surface area (Å²) in [6.45, 7) is 1.61. The molecule has 0 aliphatic heterocycles. The van der Waals surface area contributed by atoms with E-state index in [2.05, 4.69) is 0 Å². The number of para-hydroxylation sites is 1. The zero-order valence-corrected chi connectivity index (χ0v) is 14.8. The van der Waals surface area contributed by atoms with Crippen LogP contribution >= 0.6 is 0 Å². The van der Waals surface area contributed by atoms with Gasteiger partial charge < -0.3 is 18.3 Å². The molecule has 27 heavy (non-hydrogen) atoms. The van der Waals surface area contributed by atoms with Crippen LogP contribution in [-0.2, 0) is 9.53 Å². The molecule has 6 heteroatoms. The van der Waals surface area contributed by atoms with Crippen LogP contribution in [0, 0.1) is 6.92 Å². The van der Waals surface area contributed by atoms with Gasteiger partial charge in [0.2, 0.25) is 0 Å². The van der Waals surface area contributed by atoms with E-state index in [-0.39, 0.29) is 6.61 Å². The Kier molecular flexibility index (Phi) is 4.25. The van der Waals surface area contributed by atoms with Gasteiger partial charge in [0.15, 0.2) is 0 Å². The Hall–Kier alpha value is -3.38. The van der Waals surface area contributed by atoms with E-state index >= 15 is 0 Å². The third-order valence-electron chi connectivity index (χ3n) is 4.22. The lowest BCUT2D eigenvalue weighted by atomic mass is 10.0. The molecule has 0 N–H and O–H groups in total. The molecule has 0 atom stereocenters. The molecule has 4 rings (SSSR count). The largest absolute Gasteiger partial charge is 0.456 e. The number of furan rings is 1. The Morgan fingerprint density at radius 3 is 2.63 bits per heavy atom. The van der Waals surface area contributed by atoms with Gasteiger partial charge in [-0.1, -0.05) is 18.2 Å². The van der Waals surface area contributed by atoms with Crippen LogP contribution in [0.25, 0.3) is 33.3 Å². The number of esters is 1. The van der Waals surface area contributed by atoms with Gasteiger partial charge in [-0.25, -0.2) is 9.59 Å². The number of hydrogen-bond donors (Lipinski definition) is 0. The summed E-state index contributed by atoms with van der Waals surface area (Å²) in [5.74, 6) is 0.394. The van der Waals surface area contributed by atoms with E-state index in [1.54, 1.807) is 19.1 Å². The van der Waals surface area contributed by atoms with E-state index in [1.165, 1.54) is 13.2 Å². The van der Waals surface area contributed by atoms with Gasteiger partial charge in [-0.3, -0.25) is 0 Å². The number of rotatable bonds is 4. The third kappa shape index (κ3) is 3.22. The summed E-state index contributed by atoms with van der Waals surface area (Å²) in [7, 11) is 1.42. The van der Waals surface area contributed by atoms with Crippen LogP contribution < -0.4 is 10.4 Å². The number of carbonyl (C=O) groups is 1. The molecule has 2 heterocycles. The number of hydrogen-bond acceptors (Lipinski definition) is 6. The molecule has 0 saturated heterocycles. The zero-order valence-electron chi connectivity index (χ0n) is 14.8. The average Bonchev–Trinajstić information content (AvgIpc) is 3.06. The normalized spacial score (nSPS) is 11.2. The summed E-state index contributed by atoms with van der Waals surface area (Å²) < 4.78 is 21.4. The van der Waals surface area contributed by atoms with E-state index in [4.69, 9.17) is 18.3 Å². The number of aryl methyl sites for hydroxylation is 1. The Morgan fingerprint density at radius 2 is 1.85 bits per heavy atom. The van der Waals surface area contributed by atoms with Gasteiger partial charge >= 0.3 is 11.6 Å². The smallest absolute Gasteiger partial charge is 0.337 e. The quantitative estimate of drug-likeness (QED) is 0.309. The molecule has 0 bridgehead atoms. The maximum absolute atomic E-state index is 12.0. The molecule has 0 aliphatic rings. The summed E-state index contributed by atoms with van der Waals surface area (Å²) in [5.41, 5.74) is 1.86. The van der Waals surface area contributed by atoms with Crippen molar-refractivity contribution in [3.63, 3.8) is 0 Å². The molecule has 0 saturated carbocycles. The fourth-order valence-electron chi connectivity index (χ4n) is 2.99. The molecule has 0 spiro atoms. The maximum atomic E-state index is 12.0. The van der Waals surface area contributed by atoms with Gasteiger partial charge in [0.05, 0.1) is 0 Å². The molecular formula is C21H16O6. The first-order valence-corrected chi connectivity index (χ1v) is 8.32. The topological polar surface area (TPSA) is 78.9 Å². The van der Waals surface area contributed by atoms with Crippen molar-refractivity contribution in [1.82, 2.24) is 0 Å². The van der Waals surface area contributed by atoms with Gasteiger partial charge in [-0.2, -0.15) is 0 Å². The second-order valence-electron chi connectivity index (χ2n) is 6.15. The first kappa shape index (κ1) is 17.1. The van der Waals surface area contributed by atoms with Crippen LogP contribution in [0.15, 0.2) is 62.2 Å². The molecular weight excluding hydrogens is 348 g/mol. The van der Waals surface area contributed by atoms with Crippen molar-refractivity contribution in [3.8, 4) is 17.1 Å². The molecule has 6 nitrogen and oxygen atoms in total. The van der Waals surface area contributed by atoms with Crippen LogP contribution in [0.4, 0.5) is 0 Å². The lowest BCUT2D eigenvalue weighted by molar-refractivity contribution is -0.138. The summed E-state index contributed by atoms with van der Waals surface area (Å²) in [6.07, 6.45) is 0. The predicted molar refractivity (Wildman–Crippen MR) is 99.9 cm³/mol. The molecule has 0 amide bonds. The number of fused-ring (bicyclic) bond motifs is 2. The standard InChI is InChI=1S/C21H16O6/c1-12-7-18-14(9-17(12)26-21(23)11-24-2)15(10-20(22)27-18)19-8-13-5-3-4-6-16(13)25-19/h3-10H,11H2,1-2H3. The SMILES string of the molecule is COCC(=O)Oc1cc2c(-c3cc4ccccc4o3)cc(=O)oc2cc1C. The third-order valence-corrected chi connectivity index (χ3v) is 4.22. The predicted octanol–water partition coefficient (Wildman–Crippen LogP) is 4.07. The van der Waals surface area contributed by atoms with E-state index in [1.807, 2.05) is 30.3 Å². The summed E-state index contributed by atoms with van der Waals surface area (Å²) >= 11 is 0.